The molecule has 1 aromatic heterocycles. The summed E-state index contributed by atoms with van der Waals surface area (Å²) in [5, 5.41) is 4.15. The van der Waals surface area contributed by atoms with Crippen LogP contribution in [0.3, 0.4) is 0 Å². The van der Waals surface area contributed by atoms with Crippen molar-refractivity contribution < 1.29 is 4.39 Å². The number of halogens is 2. The van der Waals surface area contributed by atoms with Gasteiger partial charge >= 0.3 is 0 Å². The van der Waals surface area contributed by atoms with Gasteiger partial charge in [-0.3, -0.25) is 4.68 Å². The Labute approximate surface area is 101 Å². The normalized spacial score (nSPS) is 10.7. The molecule has 0 saturated heterocycles. The number of nitrogens with two attached hydrogens (primary N) is 1. The first-order chi connectivity index (χ1) is 7.56. The van der Waals surface area contributed by atoms with E-state index in [0.29, 0.717) is 12.4 Å². The number of hydrogen-bond donors (Lipinski definition) is 1. The van der Waals surface area contributed by atoms with Crippen molar-refractivity contribution in [3.63, 3.8) is 0 Å². The molecule has 0 radical (unpaired) electrons. The molecule has 1 heterocycles. The van der Waals surface area contributed by atoms with E-state index in [1.807, 2.05) is 13.1 Å². The molecule has 0 aliphatic rings. The Bertz CT molecular complexity index is 502. The topological polar surface area (TPSA) is 43.8 Å². The van der Waals surface area contributed by atoms with Gasteiger partial charge in [-0.25, -0.2) is 4.39 Å². The molecular weight excluding hydrogens is 273 g/mol. The molecule has 0 saturated carbocycles. The standard InChI is InChI=1S/C11H11BrFN3/c1-7-5-16(15-11(7)14)6-8-2-3-9(13)4-10(8)12/h2-5H,6H2,1H3,(H2,14,15). The number of rotatable bonds is 2. The molecule has 0 fully saturated rings. The van der Waals surface area contributed by atoms with E-state index in [2.05, 4.69) is 21.0 Å². The van der Waals surface area contributed by atoms with Gasteiger partial charge in [0, 0.05) is 16.2 Å². The van der Waals surface area contributed by atoms with Crippen LogP contribution in [0, 0.1) is 12.7 Å². The quantitative estimate of drug-likeness (QED) is 0.921. The Morgan fingerprint density at radius 3 is 2.81 bits per heavy atom. The third-order valence-electron chi connectivity index (χ3n) is 2.33. The van der Waals surface area contributed by atoms with Gasteiger partial charge in [0.1, 0.15) is 11.6 Å². The van der Waals surface area contributed by atoms with Crippen LogP contribution in [0.4, 0.5) is 10.2 Å². The fourth-order valence-electron chi connectivity index (χ4n) is 1.44. The first kappa shape index (κ1) is 11.1. The Morgan fingerprint density at radius 1 is 1.50 bits per heavy atom. The van der Waals surface area contributed by atoms with Crippen molar-refractivity contribution in [3.05, 3.63) is 45.8 Å². The van der Waals surface area contributed by atoms with E-state index in [0.717, 1.165) is 15.6 Å². The summed E-state index contributed by atoms with van der Waals surface area (Å²) in [4.78, 5) is 0. The first-order valence-corrected chi connectivity index (χ1v) is 5.59. The van der Waals surface area contributed by atoms with Crippen LogP contribution >= 0.6 is 15.9 Å². The zero-order valence-electron chi connectivity index (χ0n) is 8.74. The van der Waals surface area contributed by atoms with Gasteiger partial charge in [0.15, 0.2) is 0 Å². The summed E-state index contributed by atoms with van der Waals surface area (Å²) < 4.78 is 15.4. The fourth-order valence-corrected chi connectivity index (χ4v) is 1.92. The van der Waals surface area contributed by atoms with E-state index in [1.165, 1.54) is 12.1 Å². The van der Waals surface area contributed by atoms with Gasteiger partial charge in [-0.2, -0.15) is 5.10 Å². The summed E-state index contributed by atoms with van der Waals surface area (Å²) in [5.74, 6) is 0.269. The molecule has 0 unspecified atom stereocenters. The van der Waals surface area contributed by atoms with E-state index in [1.54, 1.807) is 10.7 Å². The second-order valence-corrected chi connectivity index (χ2v) is 4.49. The van der Waals surface area contributed by atoms with Crippen LogP contribution in [-0.4, -0.2) is 9.78 Å². The molecule has 2 rings (SSSR count). The molecule has 2 N–H and O–H groups in total. The summed E-state index contributed by atoms with van der Waals surface area (Å²) in [7, 11) is 0. The predicted octanol–water partition coefficient (Wildman–Crippen LogP) is 2.72. The van der Waals surface area contributed by atoms with Crippen molar-refractivity contribution in [1.82, 2.24) is 9.78 Å². The lowest BCUT2D eigenvalue weighted by atomic mass is 10.2. The van der Waals surface area contributed by atoms with Crippen molar-refractivity contribution >= 4 is 21.7 Å². The second kappa shape index (κ2) is 4.25. The van der Waals surface area contributed by atoms with Crippen molar-refractivity contribution in [2.75, 3.05) is 5.73 Å². The van der Waals surface area contributed by atoms with E-state index in [-0.39, 0.29) is 5.82 Å². The molecule has 5 heteroatoms. The van der Waals surface area contributed by atoms with Gasteiger partial charge in [0.2, 0.25) is 0 Å². The van der Waals surface area contributed by atoms with E-state index >= 15 is 0 Å². The van der Waals surface area contributed by atoms with Gasteiger partial charge in [0.25, 0.3) is 0 Å². The zero-order chi connectivity index (χ0) is 11.7. The third-order valence-corrected chi connectivity index (χ3v) is 3.07. The average molecular weight is 284 g/mol. The Balaban J connectivity index is 2.27. The molecule has 0 bridgehead atoms. The maximum atomic E-state index is 12.9. The summed E-state index contributed by atoms with van der Waals surface area (Å²) in [5.41, 5.74) is 7.56. The highest BCUT2D eigenvalue weighted by Crippen LogP contribution is 2.19. The number of nitrogen functional groups attached to an aromatic ring is 1. The average Bonchev–Trinajstić information content (AvgIpc) is 2.51. The number of hydrogen-bond acceptors (Lipinski definition) is 2. The molecule has 0 aliphatic heterocycles. The molecule has 16 heavy (non-hydrogen) atoms. The molecule has 0 atom stereocenters. The van der Waals surface area contributed by atoms with Crippen molar-refractivity contribution in [1.29, 1.82) is 0 Å². The van der Waals surface area contributed by atoms with E-state index in [9.17, 15) is 4.39 Å². The van der Waals surface area contributed by atoms with Gasteiger partial charge in [-0.1, -0.05) is 22.0 Å². The van der Waals surface area contributed by atoms with Gasteiger partial charge in [0.05, 0.1) is 6.54 Å². The Morgan fingerprint density at radius 2 is 2.25 bits per heavy atom. The monoisotopic (exact) mass is 283 g/mol. The molecule has 0 amide bonds. The SMILES string of the molecule is Cc1cn(Cc2ccc(F)cc2Br)nc1N. The Hall–Kier alpha value is -1.36. The van der Waals surface area contributed by atoms with E-state index < -0.39 is 0 Å². The van der Waals surface area contributed by atoms with Crippen LogP contribution < -0.4 is 5.73 Å². The summed E-state index contributed by atoms with van der Waals surface area (Å²) in [6.07, 6.45) is 1.87. The third kappa shape index (κ3) is 2.24. The molecule has 0 aliphatic carbocycles. The number of benzene rings is 1. The van der Waals surface area contributed by atoms with Crippen LogP contribution in [-0.2, 0) is 6.54 Å². The maximum absolute atomic E-state index is 12.9. The van der Waals surface area contributed by atoms with Crippen LogP contribution in [0.15, 0.2) is 28.9 Å². The van der Waals surface area contributed by atoms with Crippen LogP contribution in [0.5, 0.6) is 0 Å². The van der Waals surface area contributed by atoms with Crippen molar-refractivity contribution in [2.24, 2.45) is 0 Å². The highest BCUT2D eigenvalue weighted by molar-refractivity contribution is 9.10. The minimum atomic E-state index is -0.258. The number of anilines is 1. The van der Waals surface area contributed by atoms with Crippen LogP contribution in [0.25, 0.3) is 0 Å². The lowest BCUT2D eigenvalue weighted by Crippen LogP contribution is -2.02. The number of aromatic nitrogens is 2. The minimum Gasteiger partial charge on any atom is -0.382 e. The molecule has 0 spiro atoms. The largest absolute Gasteiger partial charge is 0.382 e. The smallest absolute Gasteiger partial charge is 0.148 e. The summed E-state index contributed by atoms with van der Waals surface area (Å²) >= 11 is 3.32. The van der Waals surface area contributed by atoms with Gasteiger partial charge in [-0.05, 0) is 24.6 Å². The predicted molar refractivity (Wildman–Crippen MR) is 64.6 cm³/mol. The first-order valence-electron chi connectivity index (χ1n) is 4.79. The summed E-state index contributed by atoms with van der Waals surface area (Å²) in [6, 6.07) is 4.60. The van der Waals surface area contributed by atoms with Crippen molar-refractivity contribution in [3.8, 4) is 0 Å². The number of aryl methyl sites for hydroxylation is 1. The molecule has 2 aromatic rings. The maximum Gasteiger partial charge on any atom is 0.148 e. The van der Waals surface area contributed by atoms with Crippen LogP contribution in [0.2, 0.25) is 0 Å². The fraction of sp³-hybridized carbons (Fsp3) is 0.182. The van der Waals surface area contributed by atoms with Crippen molar-refractivity contribution in [2.45, 2.75) is 13.5 Å². The molecule has 84 valence electrons. The lowest BCUT2D eigenvalue weighted by molar-refractivity contribution is 0.623. The highest BCUT2D eigenvalue weighted by atomic mass is 79.9. The highest BCUT2D eigenvalue weighted by Gasteiger charge is 2.05. The second-order valence-electron chi connectivity index (χ2n) is 3.63. The Kier molecular flexibility index (Phi) is 2.96. The zero-order valence-corrected chi connectivity index (χ0v) is 10.3. The lowest BCUT2D eigenvalue weighted by Gasteiger charge is -2.04. The van der Waals surface area contributed by atoms with Gasteiger partial charge in [-0.15, -0.1) is 0 Å². The molecule has 1 aromatic carbocycles. The van der Waals surface area contributed by atoms with Crippen LogP contribution in [0.1, 0.15) is 11.1 Å². The van der Waals surface area contributed by atoms with Gasteiger partial charge < -0.3 is 5.73 Å². The minimum absolute atomic E-state index is 0.258. The summed E-state index contributed by atoms with van der Waals surface area (Å²) in [6.45, 7) is 2.47. The number of nitrogens with zero attached hydrogens (tertiary/aromatic N) is 2. The van der Waals surface area contributed by atoms with E-state index in [4.69, 9.17) is 5.73 Å². The molecule has 3 nitrogen and oxygen atoms in total. The molecular formula is C11H11BrFN3.